The second kappa shape index (κ2) is 5.53. The van der Waals surface area contributed by atoms with Gasteiger partial charge in [0.05, 0.1) is 5.56 Å². The summed E-state index contributed by atoms with van der Waals surface area (Å²) in [7, 11) is 2.13. The summed E-state index contributed by atoms with van der Waals surface area (Å²) in [4.78, 5) is 0. The van der Waals surface area contributed by atoms with Crippen molar-refractivity contribution in [2.75, 3.05) is 0 Å². The summed E-state index contributed by atoms with van der Waals surface area (Å²) in [5.74, 6) is 0. The molecule has 132 valence electrons. The molecule has 0 N–H and O–H groups in total. The Morgan fingerprint density at radius 3 is 2.00 bits per heavy atom. The van der Waals surface area contributed by atoms with Gasteiger partial charge in [-0.1, -0.05) is 60.7 Å². The molecule has 6 aromatic rings. The highest BCUT2D eigenvalue weighted by molar-refractivity contribution is 6.35. The predicted octanol–water partition coefficient (Wildman–Crippen LogP) is 6.54. The van der Waals surface area contributed by atoms with Crippen LogP contribution in [-0.2, 0) is 7.05 Å². The van der Waals surface area contributed by atoms with Crippen molar-refractivity contribution in [1.29, 1.82) is 0 Å². The molecule has 6 rings (SSSR count). The van der Waals surface area contributed by atoms with E-state index in [1.807, 2.05) is 0 Å². The number of aryl methyl sites for hydroxylation is 2. The molecule has 1 heterocycles. The third-order valence-corrected chi connectivity index (χ3v) is 6.17. The van der Waals surface area contributed by atoms with E-state index >= 15 is 0 Å². The van der Waals surface area contributed by atoms with Crippen molar-refractivity contribution in [3.63, 3.8) is 0 Å². The van der Waals surface area contributed by atoms with E-state index in [0.29, 0.717) is 0 Å². The molecule has 0 saturated heterocycles. The number of fused-ring (bicyclic) bond motifs is 3. The molecule has 28 heavy (non-hydrogen) atoms. The lowest BCUT2D eigenvalue weighted by Crippen LogP contribution is -2.30. The molecule has 0 radical (unpaired) electrons. The number of hydrogen-bond acceptors (Lipinski definition) is 0. The van der Waals surface area contributed by atoms with Gasteiger partial charge in [-0.15, -0.1) is 0 Å². The molecular weight excluding hydrogens is 338 g/mol. The Morgan fingerprint density at radius 2 is 1.25 bits per heavy atom. The highest BCUT2D eigenvalue weighted by Crippen LogP contribution is 2.44. The van der Waals surface area contributed by atoms with E-state index in [4.69, 9.17) is 0 Å². The van der Waals surface area contributed by atoms with E-state index in [2.05, 4.69) is 104 Å². The van der Waals surface area contributed by atoms with Crippen LogP contribution in [0.15, 0.2) is 85.1 Å². The third-order valence-electron chi connectivity index (χ3n) is 6.17. The Bertz CT molecular complexity index is 1520. The SMILES string of the molecule is Cc1ccc2c3cccc4ccc5cccc(c2c1-c1cccc[n+]1C)c5c43. The van der Waals surface area contributed by atoms with Gasteiger partial charge in [-0.2, -0.15) is 0 Å². The molecule has 0 unspecified atom stereocenters. The van der Waals surface area contributed by atoms with E-state index in [-0.39, 0.29) is 0 Å². The monoisotopic (exact) mass is 358 g/mol. The molecule has 0 fully saturated rings. The first-order chi connectivity index (χ1) is 13.7. The van der Waals surface area contributed by atoms with Crippen molar-refractivity contribution < 1.29 is 4.57 Å². The highest BCUT2D eigenvalue weighted by Gasteiger charge is 2.20. The highest BCUT2D eigenvalue weighted by atomic mass is 14.9. The van der Waals surface area contributed by atoms with Crippen molar-refractivity contribution in [2.24, 2.45) is 7.05 Å². The normalized spacial score (nSPS) is 11.9. The zero-order valence-electron chi connectivity index (χ0n) is 16.0. The van der Waals surface area contributed by atoms with Gasteiger partial charge >= 0.3 is 0 Å². The topological polar surface area (TPSA) is 3.88 Å². The Labute approximate surface area is 163 Å². The van der Waals surface area contributed by atoms with E-state index < -0.39 is 0 Å². The molecule has 0 atom stereocenters. The first-order valence-corrected chi connectivity index (χ1v) is 9.78. The molecule has 5 aromatic carbocycles. The molecule has 0 aliphatic carbocycles. The van der Waals surface area contributed by atoms with E-state index in [0.717, 1.165) is 0 Å². The minimum Gasteiger partial charge on any atom is -0.201 e. The molecule has 0 amide bonds. The lowest BCUT2D eigenvalue weighted by molar-refractivity contribution is -0.660. The first kappa shape index (κ1) is 15.6. The number of benzene rings is 5. The minimum atomic E-state index is 1.25. The standard InChI is InChI=1S/C27H20N/c1-17-12-15-21-20-9-5-7-18-13-14-19-8-6-10-22(26(19)25(18)20)27(21)24(17)23-11-3-4-16-28(23)2/h3-16H,1-2H3/q+1. The maximum atomic E-state index is 2.31. The summed E-state index contributed by atoms with van der Waals surface area (Å²) in [6.45, 7) is 2.23. The summed E-state index contributed by atoms with van der Waals surface area (Å²) in [5.41, 5.74) is 3.89. The van der Waals surface area contributed by atoms with Gasteiger partial charge in [-0.25, -0.2) is 4.57 Å². The fourth-order valence-corrected chi connectivity index (χ4v) is 4.91. The zero-order chi connectivity index (χ0) is 18.8. The van der Waals surface area contributed by atoms with Crippen LogP contribution in [0.25, 0.3) is 54.3 Å². The second-order valence-electron chi connectivity index (χ2n) is 7.75. The van der Waals surface area contributed by atoms with E-state index in [1.165, 1.54) is 59.9 Å². The van der Waals surface area contributed by atoms with Gasteiger partial charge in [0.1, 0.15) is 7.05 Å². The summed E-state index contributed by atoms with van der Waals surface area (Å²) in [6.07, 6.45) is 2.13. The number of aromatic nitrogens is 1. The largest absolute Gasteiger partial charge is 0.213 e. The molecule has 0 bridgehead atoms. The Balaban J connectivity index is 1.99. The van der Waals surface area contributed by atoms with Gasteiger partial charge < -0.3 is 0 Å². The maximum absolute atomic E-state index is 2.31. The third kappa shape index (κ3) is 1.94. The second-order valence-corrected chi connectivity index (χ2v) is 7.75. The molecule has 1 aromatic heterocycles. The van der Waals surface area contributed by atoms with Crippen molar-refractivity contribution in [3.8, 4) is 11.3 Å². The van der Waals surface area contributed by atoms with Crippen LogP contribution in [0.5, 0.6) is 0 Å². The van der Waals surface area contributed by atoms with E-state index in [9.17, 15) is 0 Å². The van der Waals surface area contributed by atoms with Gasteiger partial charge in [0.25, 0.3) is 0 Å². The zero-order valence-corrected chi connectivity index (χ0v) is 16.0. The number of pyridine rings is 1. The maximum Gasteiger partial charge on any atom is 0.213 e. The lowest BCUT2D eigenvalue weighted by Gasteiger charge is -2.17. The summed E-state index contributed by atoms with van der Waals surface area (Å²) < 4.78 is 2.23. The van der Waals surface area contributed by atoms with Crippen LogP contribution >= 0.6 is 0 Å². The van der Waals surface area contributed by atoms with Crippen LogP contribution in [0.3, 0.4) is 0 Å². The number of rotatable bonds is 1. The molecule has 0 saturated carbocycles. The molecular formula is C27H20N+. The molecule has 0 aliphatic heterocycles. The molecule has 0 aliphatic rings. The lowest BCUT2D eigenvalue weighted by atomic mass is 9.86. The van der Waals surface area contributed by atoms with Crippen molar-refractivity contribution >= 4 is 43.1 Å². The van der Waals surface area contributed by atoms with Crippen molar-refractivity contribution in [3.05, 3.63) is 90.6 Å². The Morgan fingerprint density at radius 1 is 0.571 bits per heavy atom. The van der Waals surface area contributed by atoms with Crippen LogP contribution in [-0.4, -0.2) is 0 Å². The molecule has 0 spiro atoms. The molecule has 1 heteroatoms. The summed E-state index contributed by atoms with van der Waals surface area (Å²) >= 11 is 0. The smallest absolute Gasteiger partial charge is 0.201 e. The van der Waals surface area contributed by atoms with Crippen LogP contribution in [0.2, 0.25) is 0 Å². The van der Waals surface area contributed by atoms with Gasteiger partial charge in [-0.3, -0.25) is 0 Å². The Hall–Kier alpha value is -3.45. The number of hydrogen-bond donors (Lipinski definition) is 0. The van der Waals surface area contributed by atoms with E-state index in [1.54, 1.807) is 0 Å². The van der Waals surface area contributed by atoms with Crippen LogP contribution < -0.4 is 4.57 Å². The summed E-state index contributed by atoms with van der Waals surface area (Å²) in [6, 6.07) is 28.9. The average Bonchev–Trinajstić information content (AvgIpc) is 2.73. The van der Waals surface area contributed by atoms with Gasteiger partial charge in [-0.05, 0) is 56.3 Å². The number of nitrogens with zero attached hydrogens (tertiary/aromatic N) is 1. The van der Waals surface area contributed by atoms with Gasteiger partial charge in [0, 0.05) is 17.5 Å². The minimum absolute atomic E-state index is 1.25. The first-order valence-electron chi connectivity index (χ1n) is 9.78. The Kier molecular flexibility index (Phi) is 3.08. The average molecular weight is 358 g/mol. The van der Waals surface area contributed by atoms with Crippen molar-refractivity contribution in [1.82, 2.24) is 0 Å². The quantitative estimate of drug-likeness (QED) is 0.178. The summed E-state index contributed by atoms with van der Waals surface area (Å²) in [5, 5.41) is 10.8. The fourth-order valence-electron chi connectivity index (χ4n) is 4.91. The van der Waals surface area contributed by atoms with Crippen LogP contribution in [0, 0.1) is 6.92 Å². The van der Waals surface area contributed by atoms with Gasteiger partial charge in [0.15, 0.2) is 6.20 Å². The molecule has 1 nitrogen and oxygen atoms in total. The van der Waals surface area contributed by atoms with Crippen LogP contribution in [0.1, 0.15) is 5.56 Å². The fraction of sp³-hybridized carbons (Fsp3) is 0.0741. The van der Waals surface area contributed by atoms with Crippen LogP contribution in [0.4, 0.5) is 0 Å². The predicted molar refractivity (Wildman–Crippen MR) is 119 cm³/mol. The van der Waals surface area contributed by atoms with Gasteiger partial charge in [0.2, 0.25) is 5.69 Å². The van der Waals surface area contributed by atoms with Crippen molar-refractivity contribution in [2.45, 2.75) is 6.92 Å².